The number of nitrogens with one attached hydrogen (secondary N) is 1. The van der Waals surface area contributed by atoms with E-state index in [9.17, 15) is 4.79 Å². The van der Waals surface area contributed by atoms with E-state index in [4.69, 9.17) is 0 Å². The van der Waals surface area contributed by atoms with E-state index in [0.29, 0.717) is 19.5 Å². The first-order chi connectivity index (χ1) is 6.65. The van der Waals surface area contributed by atoms with Crippen molar-refractivity contribution in [3.8, 4) is 0 Å². The van der Waals surface area contributed by atoms with Crippen molar-refractivity contribution < 1.29 is 4.79 Å². The molecule has 0 saturated carbocycles. The summed E-state index contributed by atoms with van der Waals surface area (Å²) in [5.74, 6) is 0.0756. The fraction of sp³-hybridized carbons (Fsp3) is 0.600. The molecule has 0 atom stereocenters. The van der Waals surface area contributed by atoms with Crippen LogP contribution in [0.2, 0.25) is 0 Å². The van der Waals surface area contributed by atoms with Gasteiger partial charge in [-0.1, -0.05) is 0 Å². The van der Waals surface area contributed by atoms with E-state index >= 15 is 0 Å². The van der Waals surface area contributed by atoms with Crippen LogP contribution in [-0.4, -0.2) is 22.0 Å². The minimum Gasteiger partial charge on any atom is -0.356 e. The van der Waals surface area contributed by atoms with Crippen LogP contribution in [0, 0.1) is 20.2 Å². The molecule has 0 unspecified atom stereocenters. The van der Waals surface area contributed by atoms with E-state index < -0.39 is 0 Å². The molecule has 4 heteroatoms. The summed E-state index contributed by atoms with van der Waals surface area (Å²) in [5, 5.41) is 2.76. The Morgan fingerprint density at radius 1 is 1.57 bits per heavy atom. The van der Waals surface area contributed by atoms with E-state index in [-0.39, 0.29) is 5.91 Å². The number of aromatic nitrogens is 2. The first-order valence-corrected chi connectivity index (χ1v) is 4.83. The summed E-state index contributed by atoms with van der Waals surface area (Å²) in [5.41, 5.74) is 2.05. The second kappa shape index (κ2) is 4.79. The number of hydrogen-bond acceptors (Lipinski definition) is 2. The van der Waals surface area contributed by atoms with Crippen LogP contribution in [-0.2, 0) is 11.3 Å². The Morgan fingerprint density at radius 3 is 2.79 bits per heavy atom. The molecule has 1 heterocycles. The predicted octanol–water partition coefficient (Wildman–Crippen LogP) is 0.826. The molecule has 0 aromatic carbocycles. The molecule has 0 bridgehead atoms. The smallest absolute Gasteiger partial charge is 0.221 e. The second-order valence-electron chi connectivity index (χ2n) is 3.24. The Balaban J connectivity index is 2.46. The zero-order valence-electron chi connectivity index (χ0n) is 8.92. The summed E-state index contributed by atoms with van der Waals surface area (Å²) in [4.78, 5) is 15.2. The van der Waals surface area contributed by atoms with Crippen LogP contribution in [0.4, 0.5) is 0 Å². The number of amides is 1. The van der Waals surface area contributed by atoms with Crippen molar-refractivity contribution in [1.82, 2.24) is 14.9 Å². The standard InChI is InChI=1S/C10H16N3O/c1-4-11-10(14)5-6-13-7-12-8(2)9(13)3/h4-6H2,1-3H3,(H,11,14). The zero-order chi connectivity index (χ0) is 10.6. The third-order valence-electron chi connectivity index (χ3n) is 2.20. The Hall–Kier alpha value is -1.32. The number of aryl methyl sites for hydroxylation is 2. The van der Waals surface area contributed by atoms with E-state index in [0.717, 1.165) is 11.4 Å². The van der Waals surface area contributed by atoms with Gasteiger partial charge in [-0.2, -0.15) is 0 Å². The van der Waals surface area contributed by atoms with Gasteiger partial charge in [-0.3, -0.25) is 4.79 Å². The van der Waals surface area contributed by atoms with Gasteiger partial charge < -0.3 is 9.88 Å². The molecule has 1 rings (SSSR count). The van der Waals surface area contributed by atoms with Gasteiger partial charge in [0, 0.05) is 25.2 Å². The molecule has 0 saturated heterocycles. The van der Waals surface area contributed by atoms with Gasteiger partial charge in [0.25, 0.3) is 0 Å². The highest BCUT2D eigenvalue weighted by Crippen LogP contribution is 2.03. The normalized spacial score (nSPS) is 10.2. The van der Waals surface area contributed by atoms with Crippen molar-refractivity contribution in [2.45, 2.75) is 33.7 Å². The van der Waals surface area contributed by atoms with Crippen LogP contribution in [0.5, 0.6) is 0 Å². The summed E-state index contributed by atoms with van der Waals surface area (Å²) in [6.07, 6.45) is 3.34. The van der Waals surface area contributed by atoms with Crippen molar-refractivity contribution in [2.75, 3.05) is 6.54 Å². The fourth-order valence-electron chi connectivity index (χ4n) is 1.20. The molecule has 0 aliphatic rings. The average Bonchev–Trinajstić information content (AvgIpc) is 2.46. The summed E-state index contributed by atoms with van der Waals surface area (Å²) in [7, 11) is 0. The molecular weight excluding hydrogens is 178 g/mol. The van der Waals surface area contributed by atoms with Gasteiger partial charge in [0.05, 0.1) is 5.69 Å². The van der Waals surface area contributed by atoms with Gasteiger partial charge in [-0.05, 0) is 20.8 Å². The number of carbonyl (C=O) groups excluding carboxylic acids is 1. The SMILES string of the molecule is CCNC(=O)CCn1[c]nc(C)c1C. The molecular formula is C10H16N3O. The molecule has 14 heavy (non-hydrogen) atoms. The molecule has 1 amide bonds. The topological polar surface area (TPSA) is 46.9 Å². The highest BCUT2D eigenvalue weighted by molar-refractivity contribution is 5.75. The second-order valence-corrected chi connectivity index (χ2v) is 3.24. The van der Waals surface area contributed by atoms with E-state index in [1.165, 1.54) is 0 Å². The van der Waals surface area contributed by atoms with E-state index in [2.05, 4.69) is 16.6 Å². The number of rotatable bonds is 4. The van der Waals surface area contributed by atoms with Crippen molar-refractivity contribution in [2.24, 2.45) is 0 Å². The summed E-state index contributed by atoms with van der Waals surface area (Å²) in [6, 6.07) is 0. The van der Waals surface area contributed by atoms with Gasteiger partial charge >= 0.3 is 0 Å². The molecule has 1 radical (unpaired) electrons. The predicted molar refractivity (Wildman–Crippen MR) is 53.8 cm³/mol. The quantitative estimate of drug-likeness (QED) is 0.771. The minimum absolute atomic E-state index is 0.0756. The summed E-state index contributed by atoms with van der Waals surface area (Å²) >= 11 is 0. The lowest BCUT2D eigenvalue weighted by Crippen LogP contribution is -2.23. The third-order valence-corrected chi connectivity index (χ3v) is 2.20. The maximum atomic E-state index is 11.2. The lowest BCUT2D eigenvalue weighted by Gasteiger charge is -2.04. The largest absolute Gasteiger partial charge is 0.356 e. The summed E-state index contributed by atoms with van der Waals surface area (Å²) in [6.45, 7) is 7.17. The van der Waals surface area contributed by atoms with E-state index in [1.807, 2.05) is 25.3 Å². The fourth-order valence-corrected chi connectivity index (χ4v) is 1.20. The van der Waals surface area contributed by atoms with Gasteiger partial charge in [0.15, 0.2) is 6.33 Å². The van der Waals surface area contributed by atoms with Crippen molar-refractivity contribution in [3.05, 3.63) is 17.7 Å². The molecule has 0 aliphatic heterocycles. The molecule has 77 valence electrons. The number of nitrogens with zero attached hydrogens (tertiary/aromatic N) is 2. The average molecular weight is 194 g/mol. The number of carbonyl (C=O) groups is 1. The molecule has 1 aromatic heterocycles. The number of imidazole rings is 1. The lowest BCUT2D eigenvalue weighted by atomic mass is 10.3. The maximum absolute atomic E-state index is 11.2. The van der Waals surface area contributed by atoms with Crippen LogP contribution < -0.4 is 5.32 Å². The van der Waals surface area contributed by atoms with Crippen LogP contribution in [0.3, 0.4) is 0 Å². The molecule has 4 nitrogen and oxygen atoms in total. The summed E-state index contributed by atoms with van der Waals surface area (Å²) < 4.78 is 1.88. The maximum Gasteiger partial charge on any atom is 0.221 e. The number of hydrogen-bond donors (Lipinski definition) is 1. The Labute approximate surface area is 84.3 Å². The Bertz CT molecular complexity index is 317. The minimum atomic E-state index is 0.0756. The highest BCUT2D eigenvalue weighted by Gasteiger charge is 2.04. The third kappa shape index (κ3) is 2.58. The van der Waals surface area contributed by atoms with Gasteiger partial charge in [0.2, 0.25) is 5.91 Å². The lowest BCUT2D eigenvalue weighted by molar-refractivity contribution is -0.121. The molecule has 1 aromatic rings. The van der Waals surface area contributed by atoms with Gasteiger partial charge in [0.1, 0.15) is 0 Å². The first kappa shape index (κ1) is 10.8. The van der Waals surface area contributed by atoms with E-state index in [1.54, 1.807) is 0 Å². The molecule has 1 N–H and O–H groups in total. The van der Waals surface area contributed by atoms with Crippen LogP contribution >= 0.6 is 0 Å². The monoisotopic (exact) mass is 194 g/mol. The Kier molecular flexibility index (Phi) is 3.68. The first-order valence-electron chi connectivity index (χ1n) is 4.83. The van der Waals surface area contributed by atoms with Crippen molar-refractivity contribution >= 4 is 5.91 Å². The molecule has 0 spiro atoms. The van der Waals surface area contributed by atoms with Crippen LogP contribution in [0.15, 0.2) is 0 Å². The zero-order valence-corrected chi connectivity index (χ0v) is 8.92. The van der Waals surface area contributed by atoms with Crippen LogP contribution in [0.1, 0.15) is 24.7 Å². The molecule has 0 aliphatic carbocycles. The molecule has 0 fully saturated rings. The Morgan fingerprint density at radius 2 is 2.29 bits per heavy atom. The van der Waals surface area contributed by atoms with Crippen molar-refractivity contribution in [1.29, 1.82) is 0 Å². The highest BCUT2D eigenvalue weighted by atomic mass is 16.1. The van der Waals surface area contributed by atoms with Crippen LogP contribution in [0.25, 0.3) is 0 Å². The van der Waals surface area contributed by atoms with Crippen molar-refractivity contribution in [3.63, 3.8) is 0 Å². The van der Waals surface area contributed by atoms with Gasteiger partial charge in [-0.25, -0.2) is 4.98 Å². The van der Waals surface area contributed by atoms with Gasteiger partial charge in [-0.15, -0.1) is 0 Å².